The van der Waals surface area contributed by atoms with Crippen LogP contribution in [0.2, 0.25) is 0 Å². The third-order valence-corrected chi connectivity index (χ3v) is 3.25. The Bertz CT molecular complexity index is 451. The van der Waals surface area contributed by atoms with Crippen molar-refractivity contribution in [2.45, 2.75) is 20.3 Å². The maximum Gasteiger partial charge on any atom is 0.166 e. The van der Waals surface area contributed by atoms with Crippen molar-refractivity contribution in [3.8, 4) is 5.75 Å². The number of phenols is 1. The Kier molecular flexibility index (Phi) is 4.43. The SMILES string of the molecule is CC(C)CC(=O)c1ccc(N2CCOCC2)cc1O. The average molecular weight is 263 g/mol. The molecule has 0 radical (unpaired) electrons. The molecule has 0 aliphatic carbocycles. The second-order valence-electron chi connectivity index (χ2n) is 5.32. The fraction of sp³-hybridized carbons (Fsp3) is 0.533. The van der Waals surface area contributed by atoms with Crippen LogP contribution in [0.4, 0.5) is 5.69 Å². The van der Waals surface area contributed by atoms with Crippen LogP contribution >= 0.6 is 0 Å². The molecule has 1 heterocycles. The van der Waals surface area contributed by atoms with Crippen molar-refractivity contribution in [3.63, 3.8) is 0 Å². The first-order valence-electron chi connectivity index (χ1n) is 6.77. The van der Waals surface area contributed by atoms with Gasteiger partial charge in [-0.3, -0.25) is 4.79 Å². The van der Waals surface area contributed by atoms with Gasteiger partial charge in [0, 0.05) is 31.3 Å². The summed E-state index contributed by atoms with van der Waals surface area (Å²) in [5.74, 6) is 0.376. The number of benzene rings is 1. The highest BCUT2D eigenvalue weighted by atomic mass is 16.5. The minimum absolute atomic E-state index is 0.000951. The van der Waals surface area contributed by atoms with Gasteiger partial charge in [-0.05, 0) is 18.1 Å². The molecule has 0 amide bonds. The monoisotopic (exact) mass is 263 g/mol. The summed E-state index contributed by atoms with van der Waals surface area (Å²) in [4.78, 5) is 14.1. The van der Waals surface area contributed by atoms with Crippen molar-refractivity contribution in [1.82, 2.24) is 0 Å². The van der Waals surface area contributed by atoms with Crippen LogP contribution in [-0.2, 0) is 4.74 Å². The van der Waals surface area contributed by atoms with E-state index in [2.05, 4.69) is 4.90 Å². The van der Waals surface area contributed by atoms with E-state index < -0.39 is 0 Å². The molecule has 1 N–H and O–H groups in total. The molecule has 104 valence electrons. The molecule has 1 aliphatic heterocycles. The van der Waals surface area contributed by atoms with Gasteiger partial charge < -0.3 is 14.7 Å². The molecule has 19 heavy (non-hydrogen) atoms. The van der Waals surface area contributed by atoms with Crippen LogP contribution in [0.25, 0.3) is 0 Å². The third-order valence-electron chi connectivity index (χ3n) is 3.25. The molecule has 1 fully saturated rings. The molecular weight excluding hydrogens is 242 g/mol. The lowest BCUT2D eigenvalue weighted by Gasteiger charge is -2.29. The number of anilines is 1. The predicted octanol–water partition coefficient (Wildman–Crippen LogP) is 2.46. The number of morpholine rings is 1. The molecule has 4 heteroatoms. The van der Waals surface area contributed by atoms with E-state index in [1.807, 2.05) is 19.9 Å². The number of ether oxygens (including phenoxy) is 1. The average Bonchev–Trinajstić information content (AvgIpc) is 2.38. The molecule has 2 rings (SSSR count). The van der Waals surface area contributed by atoms with E-state index in [-0.39, 0.29) is 11.5 Å². The lowest BCUT2D eigenvalue weighted by Crippen LogP contribution is -2.36. The number of phenolic OH excluding ortho intramolecular Hbond substituents is 1. The van der Waals surface area contributed by atoms with Crippen LogP contribution in [0.3, 0.4) is 0 Å². The van der Waals surface area contributed by atoms with Gasteiger partial charge in [-0.2, -0.15) is 0 Å². The van der Waals surface area contributed by atoms with Gasteiger partial charge in [-0.15, -0.1) is 0 Å². The Morgan fingerprint density at radius 1 is 1.37 bits per heavy atom. The van der Waals surface area contributed by atoms with E-state index in [4.69, 9.17) is 4.74 Å². The van der Waals surface area contributed by atoms with Crippen molar-refractivity contribution in [2.24, 2.45) is 5.92 Å². The largest absolute Gasteiger partial charge is 0.507 e. The lowest BCUT2D eigenvalue weighted by atomic mass is 10.00. The number of aromatic hydroxyl groups is 1. The third kappa shape index (κ3) is 3.47. The first kappa shape index (κ1) is 13.9. The van der Waals surface area contributed by atoms with Gasteiger partial charge in [-0.25, -0.2) is 0 Å². The molecule has 0 saturated carbocycles. The zero-order valence-corrected chi connectivity index (χ0v) is 11.6. The molecule has 0 unspecified atom stereocenters. The van der Waals surface area contributed by atoms with E-state index in [0.29, 0.717) is 31.1 Å². The van der Waals surface area contributed by atoms with Crippen LogP contribution in [0, 0.1) is 5.92 Å². The maximum absolute atomic E-state index is 12.0. The summed E-state index contributed by atoms with van der Waals surface area (Å²) < 4.78 is 5.30. The van der Waals surface area contributed by atoms with Crippen LogP contribution in [0.5, 0.6) is 5.75 Å². The minimum atomic E-state index is 0.000951. The number of ketones is 1. The second-order valence-corrected chi connectivity index (χ2v) is 5.32. The molecule has 1 aliphatic rings. The summed E-state index contributed by atoms with van der Waals surface area (Å²) >= 11 is 0. The normalized spacial score (nSPS) is 15.8. The molecule has 4 nitrogen and oxygen atoms in total. The van der Waals surface area contributed by atoms with Crippen LogP contribution in [0.15, 0.2) is 18.2 Å². The zero-order valence-electron chi connectivity index (χ0n) is 11.6. The number of hydrogen-bond acceptors (Lipinski definition) is 4. The molecule has 0 spiro atoms. The second kappa shape index (κ2) is 6.06. The molecule has 0 atom stereocenters. The summed E-state index contributed by atoms with van der Waals surface area (Å²) in [6, 6.07) is 5.31. The van der Waals surface area contributed by atoms with Crippen molar-refractivity contribution in [2.75, 3.05) is 31.2 Å². The number of Topliss-reactive ketones (excluding diaryl/α,β-unsaturated/α-hetero) is 1. The standard InChI is InChI=1S/C15H21NO3/c1-11(2)9-14(17)13-4-3-12(10-15(13)18)16-5-7-19-8-6-16/h3-4,10-11,18H,5-9H2,1-2H3. The minimum Gasteiger partial charge on any atom is -0.507 e. The summed E-state index contributed by atoms with van der Waals surface area (Å²) in [6.07, 6.45) is 0.463. The van der Waals surface area contributed by atoms with E-state index in [1.54, 1.807) is 12.1 Å². The fourth-order valence-corrected chi connectivity index (χ4v) is 2.25. The summed E-state index contributed by atoms with van der Waals surface area (Å²) in [5.41, 5.74) is 1.37. The zero-order chi connectivity index (χ0) is 13.8. The molecule has 0 aromatic heterocycles. The van der Waals surface area contributed by atoms with E-state index in [0.717, 1.165) is 18.8 Å². The fourth-order valence-electron chi connectivity index (χ4n) is 2.25. The highest BCUT2D eigenvalue weighted by molar-refractivity contribution is 5.99. The van der Waals surface area contributed by atoms with Crippen molar-refractivity contribution >= 4 is 11.5 Å². The van der Waals surface area contributed by atoms with Gasteiger partial charge in [0.05, 0.1) is 18.8 Å². The van der Waals surface area contributed by atoms with E-state index in [9.17, 15) is 9.90 Å². The Balaban J connectivity index is 2.14. The van der Waals surface area contributed by atoms with Gasteiger partial charge in [0.2, 0.25) is 0 Å². The van der Waals surface area contributed by atoms with E-state index in [1.165, 1.54) is 0 Å². The maximum atomic E-state index is 12.0. The first-order chi connectivity index (χ1) is 9.08. The number of hydrogen-bond donors (Lipinski definition) is 1. The summed E-state index contributed by atoms with van der Waals surface area (Å²) in [5, 5.41) is 10.0. The van der Waals surface area contributed by atoms with Gasteiger partial charge in [0.25, 0.3) is 0 Å². The molecule has 1 aromatic carbocycles. The Morgan fingerprint density at radius 2 is 2.05 bits per heavy atom. The van der Waals surface area contributed by atoms with Crippen LogP contribution in [-0.4, -0.2) is 37.2 Å². The van der Waals surface area contributed by atoms with Crippen LogP contribution < -0.4 is 4.90 Å². The van der Waals surface area contributed by atoms with Gasteiger partial charge in [-0.1, -0.05) is 13.8 Å². The molecular formula is C15H21NO3. The van der Waals surface area contributed by atoms with Crippen molar-refractivity contribution in [1.29, 1.82) is 0 Å². The Hall–Kier alpha value is -1.55. The van der Waals surface area contributed by atoms with E-state index >= 15 is 0 Å². The van der Waals surface area contributed by atoms with Gasteiger partial charge in [0.1, 0.15) is 5.75 Å². The topological polar surface area (TPSA) is 49.8 Å². The van der Waals surface area contributed by atoms with Crippen LogP contribution in [0.1, 0.15) is 30.6 Å². The summed E-state index contributed by atoms with van der Waals surface area (Å²) in [6.45, 7) is 7.04. The number of rotatable bonds is 4. The quantitative estimate of drug-likeness (QED) is 0.848. The highest BCUT2D eigenvalue weighted by Gasteiger charge is 2.16. The summed E-state index contributed by atoms with van der Waals surface area (Å²) in [7, 11) is 0. The number of nitrogens with zero attached hydrogens (tertiary/aromatic N) is 1. The predicted molar refractivity (Wildman–Crippen MR) is 74.9 cm³/mol. The Morgan fingerprint density at radius 3 is 2.63 bits per heavy atom. The Labute approximate surface area is 114 Å². The smallest absolute Gasteiger partial charge is 0.166 e. The molecule has 1 saturated heterocycles. The molecule has 0 bridgehead atoms. The number of carbonyl (C=O) groups excluding carboxylic acids is 1. The van der Waals surface area contributed by atoms with Gasteiger partial charge >= 0.3 is 0 Å². The molecule has 1 aromatic rings. The lowest BCUT2D eigenvalue weighted by molar-refractivity contribution is 0.0965. The van der Waals surface area contributed by atoms with Crippen molar-refractivity contribution in [3.05, 3.63) is 23.8 Å². The first-order valence-corrected chi connectivity index (χ1v) is 6.77. The highest BCUT2D eigenvalue weighted by Crippen LogP contribution is 2.27. The van der Waals surface area contributed by atoms with Gasteiger partial charge in [0.15, 0.2) is 5.78 Å². The van der Waals surface area contributed by atoms with Crippen molar-refractivity contribution < 1.29 is 14.6 Å². The number of carbonyl (C=O) groups is 1.